The normalized spacial score (nSPS) is 13.4. The van der Waals surface area contributed by atoms with Crippen molar-refractivity contribution in [1.29, 1.82) is 0 Å². The van der Waals surface area contributed by atoms with E-state index >= 15 is 0 Å². The number of fused-ring (bicyclic) bond motifs is 1. The molecule has 1 aliphatic rings. The highest BCUT2D eigenvalue weighted by atomic mass is 35.5. The summed E-state index contributed by atoms with van der Waals surface area (Å²) in [7, 11) is 0. The summed E-state index contributed by atoms with van der Waals surface area (Å²) in [5.41, 5.74) is 8.93. The summed E-state index contributed by atoms with van der Waals surface area (Å²) in [6, 6.07) is 14.0. The van der Waals surface area contributed by atoms with E-state index < -0.39 is 0 Å². The Morgan fingerprint density at radius 3 is 2.68 bits per heavy atom. The van der Waals surface area contributed by atoms with Crippen LogP contribution in [0.1, 0.15) is 52.0 Å². The number of carbonyl (C=O) groups is 2. The fraction of sp³-hybridized carbons (Fsp3) is 0.323. The molecule has 41 heavy (non-hydrogen) atoms. The Morgan fingerprint density at radius 1 is 1.07 bits per heavy atom. The largest absolute Gasteiger partial charge is 0.493 e. The number of nitrogens with two attached hydrogens (primary N) is 1. The molecule has 3 heterocycles. The van der Waals surface area contributed by atoms with Gasteiger partial charge in [0.05, 0.1) is 16.9 Å². The van der Waals surface area contributed by atoms with Gasteiger partial charge in [-0.3, -0.25) is 9.59 Å². The number of nitrogens with one attached hydrogen (secondary N) is 2. The molecule has 1 fully saturated rings. The van der Waals surface area contributed by atoms with Crippen molar-refractivity contribution in [3.63, 3.8) is 0 Å². The molecule has 0 unspecified atom stereocenters. The molecule has 8 nitrogen and oxygen atoms in total. The van der Waals surface area contributed by atoms with Crippen LogP contribution in [-0.4, -0.2) is 54.5 Å². The van der Waals surface area contributed by atoms with Crippen LogP contribution in [-0.2, 0) is 6.42 Å². The first-order chi connectivity index (χ1) is 20.0. The van der Waals surface area contributed by atoms with Crippen LogP contribution in [0.3, 0.4) is 0 Å². The van der Waals surface area contributed by atoms with E-state index in [0.717, 1.165) is 35.0 Å². The quantitative estimate of drug-likeness (QED) is 0.174. The Labute approximate surface area is 248 Å². The fourth-order valence-electron chi connectivity index (χ4n) is 4.99. The van der Waals surface area contributed by atoms with Crippen molar-refractivity contribution in [3.05, 3.63) is 81.8 Å². The molecule has 1 saturated heterocycles. The number of unbranched alkanes of at least 4 members (excludes halogenated alkanes) is 1. The first kappa shape index (κ1) is 28.9. The lowest BCUT2D eigenvalue weighted by Crippen LogP contribution is -2.26. The lowest BCUT2D eigenvalue weighted by atomic mass is 10.1. The summed E-state index contributed by atoms with van der Waals surface area (Å²) in [5, 5.41) is 9.33. The molecule has 0 bridgehead atoms. The third-order valence-electron chi connectivity index (χ3n) is 7.17. The number of nitrogen functional groups attached to an aromatic ring is 1. The maximum absolute atomic E-state index is 13.0. The molecule has 10 heteroatoms. The standard InChI is InChI=1S/C31H34ClN5O3S/c32-23-10-8-21(9-11-23)30(38)36-24-6-5-7-25(18-24)40-17-12-22-20-41-28-26(19-35-29(33)27(22)28)31(39)34-13-1-2-14-37-15-3-4-16-37/h5-11,18-20H,1-4,12-17H2,(H2,33,35)(H,34,39)(H,36,38). The lowest BCUT2D eigenvalue weighted by Gasteiger charge is -2.14. The molecule has 4 aromatic rings. The van der Waals surface area contributed by atoms with E-state index in [1.165, 1.54) is 37.3 Å². The summed E-state index contributed by atoms with van der Waals surface area (Å²) >= 11 is 7.41. The number of hydrogen-bond acceptors (Lipinski definition) is 7. The number of hydrogen-bond donors (Lipinski definition) is 3. The van der Waals surface area contributed by atoms with E-state index in [-0.39, 0.29) is 11.8 Å². The van der Waals surface area contributed by atoms with E-state index in [1.54, 1.807) is 42.6 Å². The average Bonchev–Trinajstić information content (AvgIpc) is 3.64. The molecule has 214 valence electrons. The Kier molecular flexibility index (Phi) is 9.71. The van der Waals surface area contributed by atoms with Crippen molar-refractivity contribution in [2.24, 2.45) is 0 Å². The highest BCUT2D eigenvalue weighted by Crippen LogP contribution is 2.33. The number of ether oxygens (including phenoxy) is 1. The second-order valence-corrected chi connectivity index (χ2v) is 11.4. The minimum Gasteiger partial charge on any atom is -0.493 e. The maximum Gasteiger partial charge on any atom is 0.255 e. The summed E-state index contributed by atoms with van der Waals surface area (Å²) in [6.07, 6.45) is 6.78. The van der Waals surface area contributed by atoms with Crippen LogP contribution in [0.5, 0.6) is 5.75 Å². The van der Waals surface area contributed by atoms with Crippen LogP contribution in [0.25, 0.3) is 10.1 Å². The van der Waals surface area contributed by atoms with Gasteiger partial charge in [-0.25, -0.2) is 4.98 Å². The number of amides is 2. The number of rotatable bonds is 12. The number of likely N-dealkylation sites (tertiary alicyclic amines) is 1. The molecule has 0 aliphatic carbocycles. The highest BCUT2D eigenvalue weighted by Gasteiger charge is 2.17. The Balaban J connectivity index is 1.15. The number of anilines is 2. The number of thiophene rings is 1. The number of aromatic nitrogens is 1. The number of carbonyl (C=O) groups excluding carboxylic acids is 2. The van der Waals surface area contributed by atoms with Crippen molar-refractivity contribution in [2.75, 3.05) is 43.8 Å². The van der Waals surface area contributed by atoms with Gasteiger partial charge in [-0.2, -0.15) is 0 Å². The lowest BCUT2D eigenvalue weighted by molar-refractivity contribution is 0.0953. The third-order valence-corrected chi connectivity index (χ3v) is 8.48. The van der Waals surface area contributed by atoms with Crippen LogP contribution >= 0.6 is 22.9 Å². The van der Waals surface area contributed by atoms with Gasteiger partial charge >= 0.3 is 0 Å². The van der Waals surface area contributed by atoms with Crippen molar-refractivity contribution in [3.8, 4) is 5.75 Å². The van der Waals surface area contributed by atoms with E-state index in [0.29, 0.717) is 53.0 Å². The number of halogens is 1. The highest BCUT2D eigenvalue weighted by molar-refractivity contribution is 7.18. The zero-order valence-corrected chi connectivity index (χ0v) is 24.4. The molecular weight excluding hydrogens is 558 g/mol. The zero-order chi connectivity index (χ0) is 28.6. The van der Waals surface area contributed by atoms with Crippen molar-refractivity contribution >= 4 is 56.3 Å². The summed E-state index contributed by atoms with van der Waals surface area (Å²) in [5.74, 6) is 0.693. The van der Waals surface area contributed by atoms with E-state index in [2.05, 4.69) is 20.5 Å². The predicted molar refractivity (Wildman–Crippen MR) is 166 cm³/mol. The first-order valence-corrected chi connectivity index (χ1v) is 15.2. The SMILES string of the molecule is Nc1ncc(C(=O)NCCCCN2CCCC2)c2scc(CCOc3cccc(NC(=O)c4ccc(Cl)cc4)c3)c12. The van der Waals surface area contributed by atoms with Gasteiger partial charge in [-0.15, -0.1) is 11.3 Å². The van der Waals surface area contributed by atoms with E-state index in [4.69, 9.17) is 22.1 Å². The molecule has 2 amide bonds. The van der Waals surface area contributed by atoms with Crippen molar-refractivity contribution in [1.82, 2.24) is 15.2 Å². The molecular formula is C31H34ClN5O3S. The Morgan fingerprint density at radius 2 is 1.88 bits per heavy atom. The second kappa shape index (κ2) is 13.8. The van der Waals surface area contributed by atoms with Gasteiger partial charge in [0, 0.05) is 46.9 Å². The topological polar surface area (TPSA) is 110 Å². The first-order valence-electron chi connectivity index (χ1n) is 13.9. The number of benzene rings is 2. The van der Waals surface area contributed by atoms with Gasteiger partial charge in [-0.1, -0.05) is 17.7 Å². The zero-order valence-electron chi connectivity index (χ0n) is 22.8. The molecule has 0 atom stereocenters. The smallest absolute Gasteiger partial charge is 0.255 e. The van der Waals surface area contributed by atoms with E-state index in [9.17, 15) is 9.59 Å². The summed E-state index contributed by atoms with van der Waals surface area (Å²) in [4.78, 5) is 32.3. The molecule has 2 aromatic carbocycles. The third kappa shape index (κ3) is 7.55. The van der Waals surface area contributed by atoms with Crippen LogP contribution in [0.4, 0.5) is 11.5 Å². The summed E-state index contributed by atoms with van der Waals surface area (Å²) < 4.78 is 6.84. The molecule has 0 saturated carbocycles. The van der Waals surface area contributed by atoms with Crippen molar-refractivity contribution < 1.29 is 14.3 Å². The van der Waals surface area contributed by atoms with Gasteiger partial charge in [0.25, 0.3) is 11.8 Å². The minimum absolute atomic E-state index is 0.120. The van der Waals surface area contributed by atoms with Crippen LogP contribution in [0, 0.1) is 0 Å². The molecule has 1 aliphatic heterocycles. The van der Waals surface area contributed by atoms with Gasteiger partial charge in [-0.05, 0) is 92.7 Å². The second-order valence-electron chi connectivity index (χ2n) is 10.1. The Hall–Kier alpha value is -3.66. The minimum atomic E-state index is -0.228. The molecule has 4 N–H and O–H groups in total. The van der Waals surface area contributed by atoms with Crippen LogP contribution < -0.4 is 21.1 Å². The van der Waals surface area contributed by atoms with Crippen LogP contribution in [0.2, 0.25) is 5.02 Å². The average molecular weight is 592 g/mol. The Bertz CT molecular complexity index is 1500. The van der Waals surface area contributed by atoms with Gasteiger partial charge in [0.2, 0.25) is 0 Å². The van der Waals surface area contributed by atoms with Gasteiger partial charge in [0.15, 0.2) is 0 Å². The predicted octanol–water partition coefficient (Wildman–Crippen LogP) is 6.01. The molecule has 2 aromatic heterocycles. The molecule has 0 radical (unpaired) electrons. The van der Waals surface area contributed by atoms with Gasteiger partial charge in [0.1, 0.15) is 11.6 Å². The summed E-state index contributed by atoms with van der Waals surface area (Å²) in [6.45, 7) is 4.53. The monoisotopic (exact) mass is 591 g/mol. The number of pyridine rings is 1. The fourth-order valence-corrected chi connectivity index (χ4v) is 6.23. The molecule has 5 rings (SSSR count). The van der Waals surface area contributed by atoms with Gasteiger partial charge < -0.3 is 26.0 Å². The van der Waals surface area contributed by atoms with E-state index in [1.807, 2.05) is 17.5 Å². The van der Waals surface area contributed by atoms with Crippen LogP contribution in [0.15, 0.2) is 60.1 Å². The number of nitrogens with zero attached hydrogens (tertiary/aromatic N) is 2. The van der Waals surface area contributed by atoms with Crippen molar-refractivity contribution in [2.45, 2.75) is 32.1 Å². The maximum atomic E-state index is 13.0. The molecule has 0 spiro atoms.